The van der Waals surface area contributed by atoms with Crippen LogP contribution in [0, 0.1) is 11.6 Å². The molecular formula is C30H35F2N3O4S. The van der Waals surface area contributed by atoms with Gasteiger partial charge in [0.1, 0.15) is 23.1 Å². The van der Waals surface area contributed by atoms with Crippen LogP contribution in [0.2, 0.25) is 0 Å². The third kappa shape index (κ3) is 8.25. The van der Waals surface area contributed by atoms with Crippen molar-refractivity contribution in [2.45, 2.75) is 45.2 Å². The summed E-state index contributed by atoms with van der Waals surface area (Å²) in [7, 11) is -3.33. The van der Waals surface area contributed by atoms with E-state index in [0.29, 0.717) is 23.7 Å². The van der Waals surface area contributed by atoms with Gasteiger partial charge in [-0.1, -0.05) is 25.5 Å². The SMILES string of the molecule is CCCCN(C(=O)c1ccc(F)cc1F)C1CCN(Cc2ccc(Oc3ccc(NS(C)(=O)=O)cc3)cc2)CC1. The van der Waals surface area contributed by atoms with E-state index in [0.717, 1.165) is 69.3 Å². The van der Waals surface area contributed by atoms with Gasteiger partial charge in [0, 0.05) is 44.0 Å². The van der Waals surface area contributed by atoms with Crippen LogP contribution in [0.15, 0.2) is 66.7 Å². The first-order chi connectivity index (χ1) is 19.1. The van der Waals surface area contributed by atoms with Gasteiger partial charge in [0.15, 0.2) is 0 Å². The van der Waals surface area contributed by atoms with E-state index in [1.807, 2.05) is 24.3 Å². The molecule has 1 aliphatic rings. The van der Waals surface area contributed by atoms with Crippen LogP contribution < -0.4 is 9.46 Å². The average Bonchev–Trinajstić information content (AvgIpc) is 2.91. The van der Waals surface area contributed by atoms with Gasteiger partial charge in [-0.2, -0.15) is 0 Å². The van der Waals surface area contributed by atoms with Crippen molar-refractivity contribution in [2.24, 2.45) is 0 Å². The Morgan fingerprint density at radius 2 is 1.62 bits per heavy atom. The number of unbranched alkanes of at least 4 members (excludes halogenated alkanes) is 1. The summed E-state index contributed by atoms with van der Waals surface area (Å²) in [6, 6.07) is 17.6. The predicted molar refractivity (Wildman–Crippen MR) is 152 cm³/mol. The zero-order valence-electron chi connectivity index (χ0n) is 22.8. The molecule has 0 unspecified atom stereocenters. The van der Waals surface area contributed by atoms with Crippen molar-refractivity contribution in [2.75, 3.05) is 30.6 Å². The zero-order valence-corrected chi connectivity index (χ0v) is 23.6. The molecule has 0 atom stereocenters. The van der Waals surface area contributed by atoms with Crippen molar-refractivity contribution in [3.05, 3.63) is 89.5 Å². The number of carbonyl (C=O) groups excluding carboxylic acids is 1. The minimum atomic E-state index is -3.33. The fourth-order valence-electron chi connectivity index (χ4n) is 4.85. The number of anilines is 1. The maximum absolute atomic E-state index is 14.3. The number of nitrogens with one attached hydrogen (secondary N) is 1. The predicted octanol–water partition coefficient (Wildman–Crippen LogP) is 6.04. The minimum absolute atomic E-state index is 0.00884. The first-order valence-electron chi connectivity index (χ1n) is 13.4. The molecule has 0 radical (unpaired) electrons. The van der Waals surface area contributed by atoms with Gasteiger partial charge in [0.2, 0.25) is 10.0 Å². The van der Waals surface area contributed by atoms with Crippen LogP contribution in [-0.4, -0.2) is 56.1 Å². The molecule has 0 saturated carbocycles. The van der Waals surface area contributed by atoms with Crippen molar-refractivity contribution in [3.63, 3.8) is 0 Å². The summed E-state index contributed by atoms with van der Waals surface area (Å²) in [5, 5.41) is 0. The Morgan fingerprint density at radius 3 is 2.20 bits per heavy atom. The number of piperidine rings is 1. The largest absolute Gasteiger partial charge is 0.457 e. The molecule has 1 heterocycles. The Balaban J connectivity index is 1.31. The van der Waals surface area contributed by atoms with Crippen LogP contribution >= 0.6 is 0 Å². The Hall–Kier alpha value is -3.50. The second-order valence-corrected chi connectivity index (χ2v) is 11.9. The maximum atomic E-state index is 14.3. The average molecular weight is 572 g/mol. The van der Waals surface area contributed by atoms with E-state index in [4.69, 9.17) is 4.74 Å². The number of rotatable bonds is 11. The van der Waals surface area contributed by atoms with E-state index in [2.05, 4.69) is 16.5 Å². The molecule has 0 spiro atoms. The summed E-state index contributed by atoms with van der Waals surface area (Å²) >= 11 is 0. The van der Waals surface area contributed by atoms with E-state index >= 15 is 0 Å². The van der Waals surface area contributed by atoms with Crippen LogP contribution in [0.5, 0.6) is 11.5 Å². The monoisotopic (exact) mass is 571 g/mol. The highest BCUT2D eigenvalue weighted by atomic mass is 32.2. The van der Waals surface area contributed by atoms with Gasteiger partial charge in [0.25, 0.3) is 5.91 Å². The van der Waals surface area contributed by atoms with Crippen molar-refractivity contribution >= 4 is 21.6 Å². The fourth-order valence-corrected chi connectivity index (χ4v) is 5.41. The molecule has 3 aromatic rings. The van der Waals surface area contributed by atoms with E-state index in [9.17, 15) is 22.0 Å². The lowest BCUT2D eigenvalue weighted by molar-refractivity contribution is 0.0557. The quantitative estimate of drug-likeness (QED) is 0.304. The number of hydrogen-bond acceptors (Lipinski definition) is 5. The second-order valence-electron chi connectivity index (χ2n) is 10.1. The molecule has 10 heteroatoms. The molecule has 0 aliphatic carbocycles. The topological polar surface area (TPSA) is 79.0 Å². The van der Waals surface area contributed by atoms with Crippen molar-refractivity contribution in [1.29, 1.82) is 0 Å². The number of carbonyl (C=O) groups is 1. The van der Waals surface area contributed by atoms with E-state index in [1.165, 1.54) is 6.07 Å². The number of benzene rings is 3. The highest BCUT2D eigenvalue weighted by Crippen LogP contribution is 2.26. The molecule has 214 valence electrons. The molecule has 1 amide bonds. The number of nitrogens with zero attached hydrogens (tertiary/aromatic N) is 2. The van der Waals surface area contributed by atoms with E-state index < -0.39 is 21.7 Å². The smallest absolute Gasteiger partial charge is 0.257 e. The molecule has 7 nitrogen and oxygen atoms in total. The molecule has 4 rings (SSSR count). The van der Waals surface area contributed by atoms with Gasteiger partial charge in [-0.25, -0.2) is 17.2 Å². The summed E-state index contributed by atoms with van der Waals surface area (Å²) in [4.78, 5) is 17.3. The summed E-state index contributed by atoms with van der Waals surface area (Å²) in [6.07, 6.45) is 4.40. The molecule has 1 saturated heterocycles. The molecule has 0 bridgehead atoms. The minimum Gasteiger partial charge on any atom is -0.457 e. The van der Waals surface area contributed by atoms with Crippen LogP contribution in [0.3, 0.4) is 0 Å². The number of halogens is 2. The number of likely N-dealkylation sites (tertiary alicyclic amines) is 1. The Bertz CT molecular complexity index is 1390. The lowest BCUT2D eigenvalue weighted by atomic mass is 10.0. The Labute approximate surface area is 234 Å². The molecule has 0 aromatic heterocycles. The Kier molecular flexibility index (Phi) is 9.76. The molecule has 1 fully saturated rings. The molecule has 40 heavy (non-hydrogen) atoms. The van der Waals surface area contributed by atoms with Gasteiger partial charge in [-0.15, -0.1) is 0 Å². The number of ether oxygens (including phenoxy) is 1. The third-order valence-corrected chi connectivity index (χ3v) is 7.50. The number of hydrogen-bond donors (Lipinski definition) is 1. The van der Waals surface area contributed by atoms with Gasteiger partial charge in [0.05, 0.1) is 11.8 Å². The van der Waals surface area contributed by atoms with Crippen molar-refractivity contribution < 1.29 is 26.7 Å². The van der Waals surface area contributed by atoms with Crippen LogP contribution in [0.1, 0.15) is 48.5 Å². The van der Waals surface area contributed by atoms with Crippen LogP contribution in [0.25, 0.3) is 0 Å². The summed E-state index contributed by atoms with van der Waals surface area (Å²) in [5.41, 5.74) is 1.52. The van der Waals surface area contributed by atoms with E-state index in [1.54, 1.807) is 29.2 Å². The summed E-state index contributed by atoms with van der Waals surface area (Å²) < 4.78 is 58.7. The second kappa shape index (κ2) is 13.2. The fraction of sp³-hybridized carbons (Fsp3) is 0.367. The van der Waals surface area contributed by atoms with Crippen molar-refractivity contribution in [3.8, 4) is 11.5 Å². The first kappa shape index (κ1) is 29.5. The number of amides is 1. The standard InChI is InChI=1S/C30H35F2N3O4S/c1-3-4-17-35(30(36)28-14-7-23(31)20-29(28)32)25-15-18-34(19-16-25)21-22-5-10-26(11-6-22)39-27-12-8-24(9-13-27)33-40(2,37)38/h5-14,20,25,33H,3-4,15-19,21H2,1-2H3. The zero-order chi connectivity index (χ0) is 28.7. The molecular weight excluding hydrogens is 536 g/mol. The molecule has 1 aliphatic heterocycles. The normalized spacial score (nSPS) is 14.6. The lowest BCUT2D eigenvalue weighted by Crippen LogP contribution is -2.47. The first-order valence-corrected chi connectivity index (χ1v) is 15.3. The highest BCUT2D eigenvalue weighted by Gasteiger charge is 2.29. The Morgan fingerprint density at radius 1 is 1.00 bits per heavy atom. The van der Waals surface area contributed by atoms with Gasteiger partial charge in [-0.05, 0) is 73.4 Å². The molecule has 3 aromatic carbocycles. The third-order valence-electron chi connectivity index (χ3n) is 6.90. The van der Waals surface area contributed by atoms with Gasteiger partial charge >= 0.3 is 0 Å². The number of sulfonamides is 1. The highest BCUT2D eigenvalue weighted by molar-refractivity contribution is 7.92. The summed E-state index contributed by atoms with van der Waals surface area (Å²) in [6.45, 7) is 4.97. The van der Waals surface area contributed by atoms with Crippen molar-refractivity contribution in [1.82, 2.24) is 9.80 Å². The van der Waals surface area contributed by atoms with Gasteiger partial charge in [-0.3, -0.25) is 14.4 Å². The lowest BCUT2D eigenvalue weighted by Gasteiger charge is -2.39. The van der Waals surface area contributed by atoms with Crippen LogP contribution in [0.4, 0.5) is 14.5 Å². The van der Waals surface area contributed by atoms with Gasteiger partial charge < -0.3 is 9.64 Å². The molecule has 1 N–H and O–H groups in total. The summed E-state index contributed by atoms with van der Waals surface area (Å²) in [5.74, 6) is -0.625. The van der Waals surface area contributed by atoms with Crippen LogP contribution in [-0.2, 0) is 16.6 Å². The maximum Gasteiger partial charge on any atom is 0.257 e. The van der Waals surface area contributed by atoms with E-state index in [-0.39, 0.29) is 17.5 Å².